The Balaban J connectivity index is 1.29. The van der Waals surface area contributed by atoms with Crippen molar-refractivity contribution in [1.29, 1.82) is 0 Å². The maximum atomic E-state index is 11.1. The Morgan fingerprint density at radius 1 is 0.500 bits per heavy atom. The average molecular weight is 717 g/mol. The number of hydrogen-bond acceptors (Lipinski definition) is 10. The SMILES string of the molecule is COc1ccc([C@@H](O)[C@@H](C)Oc2ccc(C3OC(c4ccc(O[C@H](C)[C@H](O)c5ccc(OC)c(OC)c5)c(OC)c4)[C@H](C)[C@H]3C)cc2OC)cc1C. The molecular formula is C42H52O10. The molecule has 0 aliphatic carbocycles. The zero-order chi connectivity index (χ0) is 37.7. The standard InChI is InChI=1S/C42H52O10/c1-23-19-28(11-15-32(23)45-6)39(43)26(4)50-34-17-13-30(21-37(34)48-9)41-24(2)25(3)42(52-41)31-14-18-35(38(22-31)49-10)51-27(5)40(44)29-12-16-33(46-7)36(20-29)47-8/h11-22,24-27,39-44H,1-10H3/t24-,25-,26-,27-,39+,40+,41?,42?/m1/s1. The van der Waals surface area contributed by atoms with Gasteiger partial charge in [-0.25, -0.2) is 0 Å². The van der Waals surface area contributed by atoms with Crippen LogP contribution in [0.15, 0.2) is 72.8 Å². The van der Waals surface area contributed by atoms with E-state index in [1.54, 1.807) is 60.7 Å². The molecule has 2 unspecified atom stereocenters. The number of aliphatic hydroxyl groups is 2. The first-order chi connectivity index (χ1) is 24.9. The van der Waals surface area contributed by atoms with Crippen molar-refractivity contribution < 1.29 is 48.1 Å². The lowest BCUT2D eigenvalue weighted by molar-refractivity contribution is 0.0281. The van der Waals surface area contributed by atoms with Gasteiger partial charge in [0.2, 0.25) is 0 Å². The minimum atomic E-state index is -0.927. The second-order valence-corrected chi connectivity index (χ2v) is 13.4. The van der Waals surface area contributed by atoms with Crippen LogP contribution in [0, 0.1) is 18.8 Å². The summed E-state index contributed by atoms with van der Waals surface area (Å²) in [4.78, 5) is 0. The van der Waals surface area contributed by atoms with Gasteiger partial charge in [0.1, 0.15) is 30.2 Å². The molecule has 2 N–H and O–H groups in total. The molecule has 0 bridgehead atoms. The third-order valence-electron chi connectivity index (χ3n) is 10.1. The molecule has 0 aromatic heterocycles. The van der Waals surface area contributed by atoms with Gasteiger partial charge < -0.3 is 48.1 Å². The number of benzene rings is 4. The molecule has 280 valence electrons. The predicted molar refractivity (Wildman–Crippen MR) is 198 cm³/mol. The van der Waals surface area contributed by atoms with Crippen LogP contribution in [-0.4, -0.2) is 58.0 Å². The molecule has 4 aromatic rings. The van der Waals surface area contributed by atoms with Gasteiger partial charge in [-0.1, -0.05) is 38.1 Å². The van der Waals surface area contributed by atoms with E-state index in [2.05, 4.69) is 13.8 Å². The first kappa shape index (κ1) is 38.6. The monoisotopic (exact) mass is 716 g/mol. The van der Waals surface area contributed by atoms with Crippen molar-refractivity contribution >= 4 is 0 Å². The van der Waals surface area contributed by atoms with Crippen molar-refractivity contribution in [2.75, 3.05) is 35.5 Å². The van der Waals surface area contributed by atoms with Crippen molar-refractivity contribution in [3.8, 4) is 40.2 Å². The van der Waals surface area contributed by atoms with Crippen LogP contribution < -0.4 is 33.2 Å². The lowest BCUT2D eigenvalue weighted by Crippen LogP contribution is -2.22. The molecular weight excluding hydrogens is 664 g/mol. The zero-order valence-corrected chi connectivity index (χ0v) is 31.7. The van der Waals surface area contributed by atoms with E-state index in [0.29, 0.717) is 40.1 Å². The van der Waals surface area contributed by atoms with E-state index in [-0.39, 0.29) is 24.0 Å². The maximum Gasteiger partial charge on any atom is 0.161 e. The van der Waals surface area contributed by atoms with Crippen LogP contribution in [0.1, 0.15) is 79.9 Å². The molecule has 1 fully saturated rings. The Kier molecular flexibility index (Phi) is 12.5. The van der Waals surface area contributed by atoms with Gasteiger partial charge in [-0.05, 0) is 109 Å². The number of aliphatic hydroxyl groups excluding tert-OH is 2. The molecule has 10 nitrogen and oxygen atoms in total. The number of rotatable bonds is 15. The smallest absolute Gasteiger partial charge is 0.161 e. The van der Waals surface area contributed by atoms with Gasteiger partial charge >= 0.3 is 0 Å². The molecule has 52 heavy (non-hydrogen) atoms. The van der Waals surface area contributed by atoms with Crippen molar-refractivity contribution in [3.05, 3.63) is 101 Å². The Bertz CT molecular complexity index is 1810. The Labute approximate surface area is 307 Å². The topological polar surface area (TPSA) is 114 Å². The molecule has 10 heteroatoms. The number of hydrogen-bond donors (Lipinski definition) is 2. The molecule has 8 atom stereocenters. The maximum absolute atomic E-state index is 11.1. The summed E-state index contributed by atoms with van der Waals surface area (Å²) in [5.41, 5.74) is 4.25. The molecule has 5 rings (SSSR count). The molecule has 1 heterocycles. The van der Waals surface area contributed by atoms with Crippen molar-refractivity contribution in [2.45, 2.75) is 71.2 Å². The van der Waals surface area contributed by atoms with E-state index in [4.69, 9.17) is 37.9 Å². The fourth-order valence-electron chi connectivity index (χ4n) is 6.83. The van der Waals surface area contributed by atoms with E-state index >= 15 is 0 Å². The second-order valence-electron chi connectivity index (χ2n) is 13.4. The molecule has 1 aliphatic rings. The lowest BCUT2D eigenvalue weighted by atomic mass is 9.85. The first-order valence-corrected chi connectivity index (χ1v) is 17.5. The van der Waals surface area contributed by atoms with Crippen molar-refractivity contribution in [3.63, 3.8) is 0 Å². The van der Waals surface area contributed by atoms with Gasteiger partial charge in [-0.3, -0.25) is 0 Å². The van der Waals surface area contributed by atoms with Gasteiger partial charge in [0.15, 0.2) is 34.5 Å². The fraction of sp³-hybridized carbons (Fsp3) is 0.429. The lowest BCUT2D eigenvalue weighted by Gasteiger charge is -2.24. The molecule has 1 saturated heterocycles. The van der Waals surface area contributed by atoms with E-state index in [1.807, 2.05) is 68.4 Å². The molecule has 0 spiro atoms. The average Bonchev–Trinajstić information content (AvgIpc) is 3.46. The Hall–Kier alpha value is -4.64. The van der Waals surface area contributed by atoms with Gasteiger partial charge in [0, 0.05) is 0 Å². The molecule has 4 aromatic carbocycles. The van der Waals surface area contributed by atoms with Crippen LogP contribution in [0.25, 0.3) is 0 Å². The van der Waals surface area contributed by atoms with Gasteiger partial charge in [0.05, 0.1) is 47.8 Å². The normalized spacial score (nSPS) is 20.7. The van der Waals surface area contributed by atoms with E-state index in [0.717, 1.165) is 28.0 Å². The van der Waals surface area contributed by atoms with Crippen molar-refractivity contribution in [2.24, 2.45) is 11.8 Å². The minimum Gasteiger partial charge on any atom is -0.496 e. The second kappa shape index (κ2) is 16.8. The van der Waals surface area contributed by atoms with Crippen LogP contribution in [-0.2, 0) is 4.74 Å². The highest BCUT2D eigenvalue weighted by Gasteiger charge is 2.41. The van der Waals surface area contributed by atoms with Crippen LogP contribution in [0.4, 0.5) is 0 Å². The Morgan fingerprint density at radius 2 is 0.885 bits per heavy atom. The Morgan fingerprint density at radius 3 is 1.31 bits per heavy atom. The third-order valence-corrected chi connectivity index (χ3v) is 10.1. The van der Waals surface area contributed by atoms with Gasteiger partial charge in [0.25, 0.3) is 0 Å². The minimum absolute atomic E-state index is 0.178. The highest BCUT2D eigenvalue weighted by atomic mass is 16.5. The number of methoxy groups -OCH3 is 5. The summed E-state index contributed by atoms with van der Waals surface area (Å²) in [6, 6.07) is 22.5. The summed E-state index contributed by atoms with van der Waals surface area (Å²) < 4.78 is 46.8. The van der Waals surface area contributed by atoms with Crippen LogP contribution in [0.5, 0.6) is 40.2 Å². The van der Waals surface area contributed by atoms with Gasteiger partial charge in [-0.2, -0.15) is 0 Å². The summed E-state index contributed by atoms with van der Waals surface area (Å²) in [7, 11) is 7.95. The van der Waals surface area contributed by atoms with E-state index in [9.17, 15) is 10.2 Å². The predicted octanol–water partition coefficient (Wildman–Crippen LogP) is 8.12. The highest BCUT2D eigenvalue weighted by molar-refractivity contribution is 5.47. The highest BCUT2D eigenvalue weighted by Crippen LogP contribution is 2.51. The summed E-state index contributed by atoms with van der Waals surface area (Å²) in [5.74, 6) is 4.37. The summed E-state index contributed by atoms with van der Waals surface area (Å²) in [6.07, 6.45) is -3.33. The molecule has 0 amide bonds. The fourth-order valence-corrected chi connectivity index (χ4v) is 6.83. The summed E-state index contributed by atoms with van der Waals surface area (Å²) in [5, 5.41) is 22.2. The summed E-state index contributed by atoms with van der Waals surface area (Å²) >= 11 is 0. The quantitative estimate of drug-likeness (QED) is 0.125. The van der Waals surface area contributed by atoms with Crippen LogP contribution >= 0.6 is 0 Å². The third kappa shape index (κ3) is 8.04. The number of ether oxygens (including phenoxy) is 8. The van der Waals surface area contributed by atoms with Crippen LogP contribution in [0.2, 0.25) is 0 Å². The first-order valence-electron chi connectivity index (χ1n) is 17.5. The molecule has 1 aliphatic heterocycles. The summed E-state index contributed by atoms with van der Waals surface area (Å²) in [6.45, 7) is 9.95. The van der Waals surface area contributed by atoms with Gasteiger partial charge in [-0.15, -0.1) is 0 Å². The zero-order valence-electron chi connectivity index (χ0n) is 31.7. The van der Waals surface area contributed by atoms with E-state index in [1.165, 1.54) is 0 Å². The molecule has 0 radical (unpaired) electrons. The van der Waals surface area contributed by atoms with Crippen molar-refractivity contribution in [1.82, 2.24) is 0 Å². The largest absolute Gasteiger partial charge is 0.496 e. The van der Waals surface area contributed by atoms with E-state index < -0.39 is 24.4 Å². The number of aryl methyl sites for hydroxylation is 1. The van der Waals surface area contributed by atoms with Crippen LogP contribution in [0.3, 0.4) is 0 Å². The molecule has 0 saturated carbocycles.